The van der Waals surface area contributed by atoms with E-state index in [1.807, 2.05) is 59.2 Å². The smallest absolute Gasteiger partial charge is 0.230 e. The molecule has 2 heterocycles. The fourth-order valence-corrected chi connectivity index (χ4v) is 4.68. The van der Waals surface area contributed by atoms with Gasteiger partial charge in [0.25, 0.3) is 0 Å². The molecule has 0 atom stereocenters. The third kappa shape index (κ3) is 5.78. The lowest BCUT2D eigenvalue weighted by Gasteiger charge is -2.40. The number of rotatable bonds is 9. The fraction of sp³-hybridized carbons (Fsp3) is 0.400. The number of nitrogens with zero attached hydrogens (tertiary/aromatic N) is 4. The molecule has 4 rings (SSSR count). The summed E-state index contributed by atoms with van der Waals surface area (Å²) >= 11 is 1.37. The predicted molar refractivity (Wildman–Crippen MR) is 134 cm³/mol. The first kappa shape index (κ1) is 24.3. The number of hydrogen-bond donors (Lipinski definition) is 1. The Bertz CT molecular complexity index is 1100. The largest absolute Gasteiger partial charge is 0.497 e. The third-order valence-corrected chi connectivity index (χ3v) is 6.82. The van der Waals surface area contributed by atoms with Crippen molar-refractivity contribution in [2.75, 3.05) is 45.7 Å². The Labute approximate surface area is 204 Å². The number of para-hydroxylation sites is 1. The lowest BCUT2D eigenvalue weighted by Crippen LogP contribution is -2.55. The summed E-state index contributed by atoms with van der Waals surface area (Å²) in [6.45, 7) is 8.11. The molecule has 34 heavy (non-hydrogen) atoms. The molecule has 0 saturated carbocycles. The fourth-order valence-electron chi connectivity index (χ4n) is 3.90. The van der Waals surface area contributed by atoms with E-state index in [4.69, 9.17) is 9.47 Å². The Balaban J connectivity index is 1.47. The Morgan fingerprint density at radius 2 is 1.88 bits per heavy atom. The zero-order chi connectivity index (χ0) is 24.0. The van der Waals surface area contributed by atoms with Gasteiger partial charge in [-0.05, 0) is 38.1 Å². The van der Waals surface area contributed by atoms with E-state index in [2.05, 4.69) is 34.3 Å². The zero-order valence-electron chi connectivity index (χ0n) is 19.9. The first-order valence-electron chi connectivity index (χ1n) is 11.4. The highest BCUT2D eigenvalue weighted by Crippen LogP contribution is 2.29. The second kappa shape index (κ2) is 11.0. The van der Waals surface area contributed by atoms with Crippen LogP contribution in [0.5, 0.6) is 5.75 Å². The van der Waals surface area contributed by atoms with Gasteiger partial charge in [0.2, 0.25) is 5.91 Å². The molecule has 1 amide bonds. The van der Waals surface area contributed by atoms with Crippen molar-refractivity contribution >= 4 is 17.7 Å². The average Bonchev–Trinajstić information content (AvgIpc) is 3.31. The van der Waals surface area contributed by atoms with Crippen molar-refractivity contribution in [3.05, 3.63) is 54.6 Å². The van der Waals surface area contributed by atoms with Gasteiger partial charge in [-0.25, -0.2) is 0 Å². The van der Waals surface area contributed by atoms with Gasteiger partial charge in [-0.2, -0.15) is 0 Å². The molecule has 0 aliphatic carbocycles. The van der Waals surface area contributed by atoms with Gasteiger partial charge in [-0.3, -0.25) is 14.3 Å². The highest BCUT2D eigenvalue weighted by atomic mass is 32.2. The van der Waals surface area contributed by atoms with Gasteiger partial charge < -0.3 is 14.8 Å². The van der Waals surface area contributed by atoms with Gasteiger partial charge in [0.1, 0.15) is 5.75 Å². The van der Waals surface area contributed by atoms with E-state index in [0.29, 0.717) is 17.5 Å². The van der Waals surface area contributed by atoms with E-state index >= 15 is 0 Å². The molecule has 0 unspecified atom stereocenters. The van der Waals surface area contributed by atoms with Gasteiger partial charge in [0, 0.05) is 36.4 Å². The normalized spacial score (nSPS) is 14.7. The number of aromatic nitrogens is 3. The summed E-state index contributed by atoms with van der Waals surface area (Å²) in [6, 6.07) is 17.6. The second-order valence-corrected chi connectivity index (χ2v) is 9.63. The van der Waals surface area contributed by atoms with E-state index in [0.717, 1.165) is 43.3 Å². The second-order valence-electron chi connectivity index (χ2n) is 8.69. The van der Waals surface area contributed by atoms with Crippen molar-refractivity contribution in [3.8, 4) is 22.8 Å². The highest BCUT2D eigenvalue weighted by Gasteiger charge is 2.28. The van der Waals surface area contributed by atoms with Crippen molar-refractivity contribution in [2.45, 2.75) is 24.5 Å². The number of amides is 1. The highest BCUT2D eigenvalue weighted by molar-refractivity contribution is 7.99. The number of morpholine rings is 1. The lowest BCUT2D eigenvalue weighted by atomic mass is 10.0. The number of ether oxygens (including phenoxy) is 2. The SMILES string of the molecule is COc1cccc(-c2nnc(SCC(=O)NCC(C)(C)N3CCOCC3)n2-c2ccccc2)c1. The topological polar surface area (TPSA) is 81.5 Å². The number of carbonyl (C=O) groups is 1. The standard InChI is InChI=1S/C25H31N5O3S/c1-25(2,29-12-14-33-15-13-29)18-26-22(31)17-34-24-28-27-23(19-8-7-11-21(16-19)32-3)30(24)20-9-5-4-6-10-20/h4-11,16H,12-15,17-18H2,1-3H3,(H,26,31). The third-order valence-electron chi connectivity index (χ3n) is 5.89. The quantitative estimate of drug-likeness (QED) is 0.470. The Hall–Kier alpha value is -2.88. The van der Waals surface area contributed by atoms with Gasteiger partial charge in [0.05, 0.1) is 26.1 Å². The summed E-state index contributed by atoms with van der Waals surface area (Å²) in [5, 5.41) is 12.6. The minimum atomic E-state index is -0.131. The van der Waals surface area contributed by atoms with Crippen LogP contribution < -0.4 is 10.1 Å². The number of methoxy groups -OCH3 is 1. The average molecular weight is 482 g/mol. The van der Waals surface area contributed by atoms with Gasteiger partial charge >= 0.3 is 0 Å². The van der Waals surface area contributed by atoms with Crippen molar-refractivity contribution in [3.63, 3.8) is 0 Å². The van der Waals surface area contributed by atoms with Crippen LogP contribution in [0.2, 0.25) is 0 Å². The molecule has 1 N–H and O–H groups in total. The summed E-state index contributed by atoms with van der Waals surface area (Å²) in [5.74, 6) is 1.66. The number of carbonyl (C=O) groups excluding carboxylic acids is 1. The van der Waals surface area contributed by atoms with E-state index in [-0.39, 0.29) is 17.2 Å². The maximum absolute atomic E-state index is 12.7. The lowest BCUT2D eigenvalue weighted by molar-refractivity contribution is -0.119. The van der Waals surface area contributed by atoms with Crippen LogP contribution in [0.4, 0.5) is 0 Å². The van der Waals surface area contributed by atoms with E-state index in [9.17, 15) is 4.79 Å². The van der Waals surface area contributed by atoms with Crippen molar-refractivity contribution in [1.82, 2.24) is 25.0 Å². The van der Waals surface area contributed by atoms with Crippen molar-refractivity contribution < 1.29 is 14.3 Å². The molecule has 1 saturated heterocycles. The van der Waals surface area contributed by atoms with E-state index in [1.165, 1.54) is 11.8 Å². The van der Waals surface area contributed by atoms with Gasteiger partial charge in [-0.15, -0.1) is 10.2 Å². The maximum Gasteiger partial charge on any atom is 0.230 e. The molecule has 180 valence electrons. The van der Waals surface area contributed by atoms with Crippen LogP contribution in [0.1, 0.15) is 13.8 Å². The summed E-state index contributed by atoms with van der Waals surface area (Å²) in [7, 11) is 1.64. The number of thioether (sulfide) groups is 1. The monoisotopic (exact) mass is 481 g/mol. The molecule has 0 spiro atoms. The summed E-state index contributed by atoms with van der Waals surface area (Å²) in [4.78, 5) is 15.1. The minimum absolute atomic E-state index is 0.0307. The van der Waals surface area contributed by atoms with Crippen LogP contribution in [0.15, 0.2) is 59.8 Å². The van der Waals surface area contributed by atoms with E-state index < -0.39 is 0 Å². The first-order chi connectivity index (χ1) is 16.5. The summed E-state index contributed by atoms with van der Waals surface area (Å²) in [6.07, 6.45) is 0. The molecular weight excluding hydrogens is 450 g/mol. The zero-order valence-corrected chi connectivity index (χ0v) is 20.7. The Morgan fingerprint density at radius 3 is 2.62 bits per heavy atom. The number of hydrogen-bond acceptors (Lipinski definition) is 7. The molecule has 0 bridgehead atoms. The summed E-state index contributed by atoms with van der Waals surface area (Å²) < 4.78 is 12.8. The molecule has 2 aromatic carbocycles. The van der Waals surface area contributed by atoms with Crippen LogP contribution in [0.3, 0.4) is 0 Å². The summed E-state index contributed by atoms with van der Waals surface area (Å²) in [5.41, 5.74) is 1.69. The molecule has 8 nitrogen and oxygen atoms in total. The molecule has 1 aliphatic heterocycles. The molecule has 0 radical (unpaired) electrons. The number of benzene rings is 2. The Kier molecular flexibility index (Phi) is 7.87. The molecular formula is C25H31N5O3S. The van der Waals surface area contributed by atoms with Crippen LogP contribution in [-0.2, 0) is 9.53 Å². The molecule has 1 fully saturated rings. The first-order valence-corrected chi connectivity index (χ1v) is 12.3. The number of nitrogens with one attached hydrogen (secondary N) is 1. The molecule has 1 aliphatic rings. The van der Waals surface area contributed by atoms with Crippen LogP contribution in [-0.4, -0.2) is 76.8 Å². The van der Waals surface area contributed by atoms with Crippen LogP contribution in [0, 0.1) is 0 Å². The maximum atomic E-state index is 12.7. The van der Waals surface area contributed by atoms with Crippen LogP contribution in [0.25, 0.3) is 17.1 Å². The molecule has 1 aromatic heterocycles. The van der Waals surface area contributed by atoms with Gasteiger partial charge in [0.15, 0.2) is 11.0 Å². The van der Waals surface area contributed by atoms with E-state index in [1.54, 1.807) is 7.11 Å². The van der Waals surface area contributed by atoms with Crippen molar-refractivity contribution in [2.24, 2.45) is 0 Å². The van der Waals surface area contributed by atoms with Crippen LogP contribution >= 0.6 is 11.8 Å². The molecule has 3 aromatic rings. The van der Waals surface area contributed by atoms with Crippen molar-refractivity contribution in [1.29, 1.82) is 0 Å². The predicted octanol–water partition coefficient (Wildman–Crippen LogP) is 3.26. The van der Waals surface area contributed by atoms with Gasteiger partial charge in [-0.1, -0.05) is 42.1 Å². The molecule has 9 heteroatoms. The minimum Gasteiger partial charge on any atom is -0.497 e. The Morgan fingerprint density at radius 1 is 1.12 bits per heavy atom.